The number of rotatable bonds is 5. The normalized spacial score (nSPS) is 10.6. The first-order chi connectivity index (χ1) is 9.93. The first-order valence-corrected chi connectivity index (χ1v) is 7.53. The molecule has 0 unspecified atom stereocenters. The van der Waals surface area contributed by atoms with Crippen molar-refractivity contribution >= 4 is 28.4 Å². The molecule has 1 aromatic heterocycles. The lowest BCUT2D eigenvalue weighted by Gasteiger charge is -2.07. The van der Waals surface area contributed by atoms with Crippen LogP contribution >= 0.6 is 11.8 Å². The molecule has 4 heteroatoms. The molecule has 0 bridgehead atoms. The van der Waals surface area contributed by atoms with Crippen LogP contribution in [0.5, 0.6) is 0 Å². The van der Waals surface area contributed by atoms with Crippen molar-refractivity contribution in [3.05, 3.63) is 60.9 Å². The van der Waals surface area contributed by atoms with E-state index in [1.54, 1.807) is 18.1 Å². The van der Waals surface area contributed by atoms with Crippen LogP contribution in [-0.4, -0.2) is 22.3 Å². The van der Waals surface area contributed by atoms with Crippen LogP contribution in [-0.2, 0) is 0 Å². The topological polar surface area (TPSA) is 37.8 Å². The van der Waals surface area contributed by atoms with Gasteiger partial charge in [0.2, 0.25) is 0 Å². The highest BCUT2D eigenvalue weighted by Gasteiger charge is 2.02. The minimum atomic E-state index is 0.910. The molecule has 0 aliphatic heterocycles. The summed E-state index contributed by atoms with van der Waals surface area (Å²) in [5.41, 5.74) is 2.15. The first-order valence-electron chi connectivity index (χ1n) is 6.55. The van der Waals surface area contributed by atoms with E-state index in [0.29, 0.717) is 0 Å². The van der Waals surface area contributed by atoms with Gasteiger partial charge in [0.1, 0.15) is 11.4 Å². The van der Waals surface area contributed by atoms with Gasteiger partial charge in [0.25, 0.3) is 0 Å². The van der Waals surface area contributed by atoms with Gasteiger partial charge >= 0.3 is 0 Å². The fourth-order valence-electron chi connectivity index (χ4n) is 1.99. The molecular formula is C16H15N3S. The molecule has 0 fully saturated rings. The van der Waals surface area contributed by atoms with Gasteiger partial charge in [-0.2, -0.15) is 0 Å². The fraction of sp³-hybridized carbons (Fsp3) is 0.125. The number of anilines is 1. The average molecular weight is 281 g/mol. The van der Waals surface area contributed by atoms with Crippen molar-refractivity contribution in [3.63, 3.8) is 0 Å². The molecule has 1 N–H and O–H groups in total. The number of para-hydroxylation sites is 2. The molecule has 3 aromatic rings. The molecule has 100 valence electrons. The van der Waals surface area contributed by atoms with Gasteiger partial charge in [-0.05, 0) is 18.2 Å². The van der Waals surface area contributed by atoms with Crippen LogP contribution in [0.2, 0.25) is 0 Å². The van der Waals surface area contributed by atoms with E-state index in [1.165, 1.54) is 0 Å². The van der Waals surface area contributed by atoms with Crippen LogP contribution < -0.4 is 5.32 Å². The maximum Gasteiger partial charge on any atom is 0.117 e. The highest BCUT2D eigenvalue weighted by molar-refractivity contribution is 7.99. The van der Waals surface area contributed by atoms with Gasteiger partial charge in [0.05, 0.1) is 5.52 Å². The van der Waals surface area contributed by atoms with Gasteiger partial charge in [0.15, 0.2) is 0 Å². The van der Waals surface area contributed by atoms with E-state index in [-0.39, 0.29) is 0 Å². The molecule has 0 amide bonds. The minimum absolute atomic E-state index is 0.910. The summed E-state index contributed by atoms with van der Waals surface area (Å²) in [6.07, 6.45) is 1.63. The molecule has 0 saturated heterocycles. The Morgan fingerprint density at radius 3 is 2.60 bits per heavy atom. The number of fused-ring (bicyclic) bond motifs is 1. The molecule has 2 aromatic carbocycles. The summed E-state index contributed by atoms with van der Waals surface area (Å²) in [5.74, 6) is 0.968. The van der Waals surface area contributed by atoms with Gasteiger partial charge in [-0.3, -0.25) is 0 Å². The summed E-state index contributed by atoms with van der Waals surface area (Å²) in [7, 11) is 0. The molecule has 0 spiro atoms. The Kier molecular flexibility index (Phi) is 4.13. The maximum atomic E-state index is 4.38. The number of nitrogens with zero attached hydrogens (tertiary/aromatic N) is 2. The number of aromatic nitrogens is 2. The highest BCUT2D eigenvalue weighted by atomic mass is 32.2. The van der Waals surface area contributed by atoms with Crippen LogP contribution in [0.1, 0.15) is 0 Å². The van der Waals surface area contributed by atoms with Crippen molar-refractivity contribution in [1.29, 1.82) is 0 Å². The third kappa shape index (κ3) is 3.08. The average Bonchev–Trinajstić information content (AvgIpc) is 2.53. The second kappa shape index (κ2) is 6.39. The zero-order valence-corrected chi connectivity index (χ0v) is 11.8. The lowest BCUT2D eigenvalue weighted by molar-refractivity contribution is 1.10. The van der Waals surface area contributed by atoms with Crippen molar-refractivity contribution < 1.29 is 0 Å². The van der Waals surface area contributed by atoms with Crippen molar-refractivity contribution in [3.8, 4) is 0 Å². The predicted octanol–water partition coefficient (Wildman–Crippen LogP) is 3.83. The van der Waals surface area contributed by atoms with Gasteiger partial charge in [0, 0.05) is 23.4 Å². The minimum Gasteiger partial charge on any atom is -0.384 e. The monoisotopic (exact) mass is 281 g/mol. The Morgan fingerprint density at radius 1 is 0.900 bits per heavy atom. The Morgan fingerprint density at radius 2 is 1.70 bits per heavy atom. The lowest BCUT2D eigenvalue weighted by atomic mass is 10.2. The van der Waals surface area contributed by atoms with E-state index >= 15 is 0 Å². The van der Waals surface area contributed by atoms with Crippen LogP contribution in [0.3, 0.4) is 0 Å². The summed E-state index contributed by atoms with van der Waals surface area (Å²) in [4.78, 5) is 8.65. The van der Waals surface area contributed by atoms with Crippen LogP contribution in [0, 0.1) is 0 Å². The number of benzene rings is 2. The standard InChI is InChI=1S/C16H15N3S/c1-2-6-13(7-3-1)17-10-11-20-16-14-8-4-5-9-15(14)18-12-19-16/h1-9,12,17H,10-11H2. The number of thioether (sulfide) groups is 1. The van der Waals surface area contributed by atoms with Gasteiger partial charge < -0.3 is 5.32 Å². The second-order valence-electron chi connectivity index (χ2n) is 4.34. The van der Waals surface area contributed by atoms with Crippen molar-refractivity contribution in [1.82, 2.24) is 9.97 Å². The maximum absolute atomic E-state index is 4.38. The van der Waals surface area contributed by atoms with E-state index in [1.807, 2.05) is 36.4 Å². The van der Waals surface area contributed by atoms with Crippen molar-refractivity contribution in [2.45, 2.75) is 5.03 Å². The van der Waals surface area contributed by atoms with E-state index in [0.717, 1.165) is 33.9 Å². The Labute approximate surface area is 122 Å². The van der Waals surface area contributed by atoms with E-state index < -0.39 is 0 Å². The number of hydrogen-bond acceptors (Lipinski definition) is 4. The fourth-order valence-corrected chi connectivity index (χ4v) is 2.84. The third-order valence-electron chi connectivity index (χ3n) is 2.95. The second-order valence-corrected chi connectivity index (χ2v) is 5.42. The zero-order chi connectivity index (χ0) is 13.6. The molecule has 20 heavy (non-hydrogen) atoms. The van der Waals surface area contributed by atoms with Gasteiger partial charge in [-0.25, -0.2) is 9.97 Å². The molecular weight excluding hydrogens is 266 g/mol. The third-order valence-corrected chi connectivity index (χ3v) is 3.96. The van der Waals surface area contributed by atoms with Gasteiger partial charge in [-0.1, -0.05) is 36.4 Å². The largest absolute Gasteiger partial charge is 0.384 e. The number of nitrogens with one attached hydrogen (secondary N) is 1. The molecule has 3 rings (SSSR count). The SMILES string of the molecule is c1ccc(NCCSc2ncnc3ccccc23)cc1. The Balaban J connectivity index is 1.60. The van der Waals surface area contributed by atoms with E-state index in [2.05, 4.69) is 33.5 Å². The molecule has 0 aliphatic rings. The molecule has 0 radical (unpaired) electrons. The summed E-state index contributed by atoms with van der Waals surface area (Å²) in [5, 5.41) is 5.57. The van der Waals surface area contributed by atoms with Crippen molar-refractivity contribution in [2.24, 2.45) is 0 Å². The highest BCUT2D eigenvalue weighted by Crippen LogP contribution is 2.23. The van der Waals surface area contributed by atoms with E-state index in [4.69, 9.17) is 0 Å². The Bertz CT molecular complexity index is 680. The van der Waals surface area contributed by atoms with Crippen LogP contribution in [0.4, 0.5) is 5.69 Å². The zero-order valence-electron chi connectivity index (χ0n) is 11.0. The summed E-state index contributed by atoms with van der Waals surface area (Å²) < 4.78 is 0. The van der Waals surface area contributed by atoms with Crippen LogP contribution in [0.15, 0.2) is 66.0 Å². The van der Waals surface area contributed by atoms with Crippen molar-refractivity contribution in [2.75, 3.05) is 17.6 Å². The molecule has 1 heterocycles. The smallest absolute Gasteiger partial charge is 0.117 e. The number of hydrogen-bond donors (Lipinski definition) is 1. The Hall–Kier alpha value is -2.07. The molecule has 3 nitrogen and oxygen atoms in total. The molecule has 0 aliphatic carbocycles. The van der Waals surface area contributed by atoms with Gasteiger partial charge in [-0.15, -0.1) is 11.8 Å². The first kappa shape index (κ1) is 12.9. The molecule has 0 saturated carbocycles. The summed E-state index contributed by atoms with van der Waals surface area (Å²) >= 11 is 1.76. The summed E-state index contributed by atoms with van der Waals surface area (Å²) in [6.45, 7) is 0.910. The molecule has 0 atom stereocenters. The summed E-state index contributed by atoms with van der Waals surface area (Å²) in [6, 6.07) is 18.4. The lowest BCUT2D eigenvalue weighted by Crippen LogP contribution is -2.03. The van der Waals surface area contributed by atoms with Crippen LogP contribution in [0.25, 0.3) is 10.9 Å². The quantitative estimate of drug-likeness (QED) is 0.438. The predicted molar refractivity (Wildman–Crippen MR) is 85.2 cm³/mol. The van der Waals surface area contributed by atoms with E-state index in [9.17, 15) is 0 Å².